The molecule has 0 amide bonds. The van der Waals surface area contributed by atoms with Crippen LogP contribution in [0.3, 0.4) is 0 Å². The van der Waals surface area contributed by atoms with Crippen LogP contribution in [0.2, 0.25) is 0 Å². The Morgan fingerprint density at radius 1 is 1.22 bits per heavy atom. The molecule has 0 spiro atoms. The van der Waals surface area contributed by atoms with Gasteiger partial charge in [0, 0.05) is 6.04 Å². The van der Waals surface area contributed by atoms with Gasteiger partial charge in [0.2, 0.25) is 0 Å². The molecule has 18 heavy (non-hydrogen) atoms. The summed E-state index contributed by atoms with van der Waals surface area (Å²) in [6, 6.07) is 5.27. The van der Waals surface area contributed by atoms with Crippen molar-refractivity contribution in [3.8, 4) is 5.75 Å². The van der Waals surface area contributed by atoms with E-state index in [0.29, 0.717) is 0 Å². The lowest BCUT2D eigenvalue weighted by atomic mass is 9.96. The van der Waals surface area contributed by atoms with E-state index in [1.807, 2.05) is 0 Å². The van der Waals surface area contributed by atoms with Crippen molar-refractivity contribution in [2.75, 3.05) is 13.7 Å². The Balaban J connectivity index is 1.96. The lowest BCUT2D eigenvalue weighted by Gasteiger charge is -2.23. The van der Waals surface area contributed by atoms with Gasteiger partial charge in [-0.25, -0.2) is 0 Å². The van der Waals surface area contributed by atoms with Crippen molar-refractivity contribution in [2.24, 2.45) is 0 Å². The van der Waals surface area contributed by atoms with E-state index in [4.69, 9.17) is 4.74 Å². The maximum Gasteiger partial charge on any atom is 0.124 e. The van der Waals surface area contributed by atoms with Crippen LogP contribution in [-0.4, -0.2) is 19.7 Å². The number of aryl methyl sites for hydroxylation is 3. The summed E-state index contributed by atoms with van der Waals surface area (Å²) in [5, 5.41) is 3.62. The zero-order chi connectivity index (χ0) is 13.0. The van der Waals surface area contributed by atoms with E-state index in [-0.39, 0.29) is 0 Å². The van der Waals surface area contributed by atoms with Gasteiger partial charge in [-0.1, -0.05) is 18.6 Å². The summed E-state index contributed by atoms with van der Waals surface area (Å²) in [6.45, 7) is 5.47. The van der Waals surface area contributed by atoms with Gasteiger partial charge in [0.1, 0.15) is 5.75 Å². The van der Waals surface area contributed by atoms with Crippen LogP contribution in [0.1, 0.15) is 42.4 Å². The van der Waals surface area contributed by atoms with Crippen molar-refractivity contribution >= 4 is 0 Å². The largest absolute Gasteiger partial charge is 0.496 e. The summed E-state index contributed by atoms with van der Waals surface area (Å²) in [6.07, 6.45) is 6.50. The van der Waals surface area contributed by atoms with Gasteiger partial charge in [-0.2, -0.15) is 0 Å². The number of rotatable bonds is 4. The fourth-order valence-corrected chi connectivity index (χ4v) is 3.02. The number of hydrogen-bond acceptors (Lipinski definition) is 2. The second-order valence-electron chi connectivity index (χ2n) is 5.45. The highest BCUT2D eigenvalue weighted by Gasteiger charge is 2.13. The summed E-state index contributed by atoms with van der Waals surface area (Å²) in [5.41, 5.74) is 3.95. The average Bonchev–Trinajstić information content (AvgIpc) is 2.37. The number of ether oxygens (including phenoxy) is 1. The van der Waals surface area contributed by atoms with Crippen molar-refractivity contribution in [2.45, 2.75) is 52.0 Å². The van der Waals surface area contributed by atoms with Crippen LogP contribution in [0.5, 0.6) is 5.75 Å². The third-order valence-corrected chi connectivity index (χ3v) is 3.92. The van der Waals surface area contributed by atoms with Gasteiger partial charge in [-0.05, 0) is 62.8 Å². The summed E-state index contributed by atoms with van der Waals surface area (Å²) < 4.78 is 5.41. The Bertz CT molecular complexity index is 371. The molecule has 0 aliphatic carbocycles. The predicted molar refractivity (Wildman–Crippen MR) is 76.4 cm³/mol. The quantitative estimate of drug-likeness (QED) is 0.880. The van der Waals surface area contributed by atoms with Gasteiger partial charge in [0.05, 0.1) is 7.11 Å². The Morgan fingerprint density at radius 2 is 1.94 bits per heavy atom. The fraction of sp³-hybridized carbons (Fsp3) is 0.625. The van der Waals surface area contributed by atoms with E-state index in [0.717, 1.165) is 11.8 Å². The van der Waals surface area contributed by atoms with E-state index in [1.54, 1.807) is 7.11 Å². The molecule has 1 aromatic carbocycles. The molecule has 2 heteroatoms. The first kappa shape index (κ1) is 13.4. The molecule has 1 saturated heterocycles. The summed E-state index contributed by atoms with van der Waals surface area (Å²) in [5.74, 6) is 1.04. The molecular weight excluding hydrogens is 222 g/mol. The van der Waals surface area contributed by atoms with Crippen molar-refractivity contribution < 1.29 is 4.74 Å². The molecule has 1 fully saturated rings. The molecule has 1 heterocycles. The molecule has 0 bridgehead atoms. The van der Waals surface area contributed by atoms with Crippen molar-refractivity contribution in [3.63, 3.8) is 0 Å². The van der Waals surface area contributed by atoms with Crippen molar-refractivity contribution in [1.29, 1.82) is 0 Å². The zero-order valence-corrected chi connectivity index (χ0v) is 11.9. The predicted octanol–water partition coefficient (Wildman–Crippen LogP) is 3.39. The van der Waals surface area contributed by atoms with Crippen molar-refractivity contribution in [3.05, 3.63) is 28.8 Å². The Labute approximate surface area is 111 Å². The summed E-state index contributed by atoms with van der Waals surface area (Å²) in [7, 11) is 1.75. The maximum absolute atomic E-state index is 5.41. The van der Waals surface area contributed by atoms with E-state index < -0.39 is 0 Å². The first-order valence-electron chi connectivity index (χ1n) is 7.08. The molecule has 1 unspecified atom stereocenters. The molecular formula is C16H25NO. The standard InChI is InChI=1S/C16H25NO/c1-12-10-14(11-13(2)16(12)18-3)7-8-15-6-4-5-9-17-15/h10-11,15,17H,4-9H2,1-3H3. The van der Waals surface area contributed by atoms with Crippen LogP contribution in [0.4, 0.5) is 0 Å². The van der Waals surface area contributed by atoms with Crippen LogP contribution >= 0.6 is 0 Å². The molecule has 2 nitrogen and oxygen atoms in total. The van der Waals surface area contributed by atoms with Gasteiger partial charge in [-0.3, -0.25) is 0 Å². The Morgan fingerprint density at radius 3 is 2.50 bits per heavy atom. The third-order valence-electron chi connectivity index (χ3n) is 3.92. The average molecular weight is 247 g/mol. The molecule has 2 rings (SSSR count). The molecule has 1 aromatic rings. The van der Waals surface area contributed by atoms with Crippen LogP contribution < -0.4 is 10.1 Å². The zero-order valence-electron chi connectivity index (χ0n) is 11.9. The molecule has 0 aromatic heterocycles. The number of benzene rings is 1. The fourth-order valence-electron chi connectivity index (χ4n) is 3.02. The number of methoxy groups -OCH3 is 1. The van der Waals surface area contributed by atoms with E-state index in [9.17, 15) is 0 Å². The Kier molecular flexibility index (Phi) is 4.65. The van der Waals surface area contributed by atoms with E-state index in [2.05, 4.69) is 31.3 Å². The first-order valence-corrected chi connectivity index (χ1v) is 7.08. The topological polar surface area (TPSA) is 21.3 Å². The minimum atomic E-state index is 0.724. The van der Waals surface area contributed by atoms with Crippen LogP contribution in [-0.2, 0) is 6.42 Å². The van der Waals surface area contributed by atoms with Gasteiger partial charge < -0.3 is 10.1 Å². The minimum absolute atomic E-state index is 0.724. The lowest BCUT2D eigenvalue weighted by molar-refractivity contribution is 0.382. The molecule has 1 N–H and O–H groups in total. The number of hydrogen-bond donors (Lipinski definition) is 1. The third kappa shape index (κ3) is 3.26. The molecule has 0 saturated carbocycles. The minimum Gasteiger partial charge on any atom is -0.496 e. The van der Waals surface area contributed by atoms with Crippen LogP contribution in [0.15, 0.2) is 12.1 Å². The number of piperidine rings is 1. The van der Waals surface area contributed by atoms with Gasteiger partial charge >= 0.3 is 0 Å². The summed E-state index contributed by atoms with van der Waals surface area (Å²) >= 11 is 0. The highest BCUT2D eigenvalue weighted by molar-refractivity contribution is 5.43. The first-order chi connectivity index (χ1) is 8.70. The smallest absolute Gasteiger partial charge is 0.124 e. The van der Waals surface area contributed by atoms with Gasteiger partial charge in [-0.15, -0.1) is 0 Å². The van der Waals surface area contributed by atoms with Gasteiger partial charge in [0.15, 0.2) is 0 Å². The van der Waals surface area contributed by atoms with Crippen molar-refractivity contribution in [1.82, 2.24) is 5.32 Å². The summed E-state index contributed by atoms with van der Waals surface area (Å²) in [4.78, 5) is 0. The number of nitrogens with one attached hydrogen (secondary N) is 1. The van der Waals surface area contributed by atoms with Crippen LogP contribution in [0, 0.1) is 13.8 Å². The Hall–Kier alpha value is -1.02. The highest BCUT2D eigenvalue weighted by atomic mass is 16.5. The second-order valence-corrected chi connectivity index (χ2v) is 5.45. The molecule has 0 radical (unpaired) electrons. The second kappa shape index (κ2) is 6.24. The monoisotopic (exact) mass is 247 g/mol. The highest BCUT2D eigenvalue weighted by Crippen LogP contribution is 2.25. The van der Waals surface area contributed by atoms with Gasteiger partial charge in [0.25, 0.3) is 0 Å². The normalized spacial score (nSPS) is 19.8. The SMILES string of the molecule is COc1c(C)cc(CCC2CCCCN2)cc1C. The lowest BCUT2D eigenvalue weighted by Crippen LogP contribution is -2.34. The van der Waals surface area contributed by atoms with Crippen LogP contribution in [0.25, 0.3) is 0 Å². The molecule has 1 aliphatic heterocycles. The maximum atomic E-state index is 5.41. The molecule has 1 aliphatic rings. The van der Waals surface area contributed by atoms with E-state index in [1.165, 1.54) is 55.3 Å². The molecule has 1 atom stereocenters. The van der Waals surface area contributed by atoms with E-state index >= 15 is 0 Å². The molecule has 100 valence electrons.